The summed E-state index contributed by atoms with van der Waals surface area (Å²) < 4.78 is 24.0. The third kappa shape index (κ3) is 3.10. The molecule has 0 heterocycles. The predicted octanol–water partition coefficient (Wildman–Crippen LogP) is 1.26. The molecule has 1 aromatic rings. The van der Waals surface area contributed by atoms with E-state index in [0.717, 1.165) is 0 Å². The predicted molar refractivity (Wildman–Crippen MR) is 66.5 cm³/mol. The van der Waals surface area contributed by atoms with Crippen molar-refractivity contribution in [3.05, 3.63) is 23.2 Å². The molecule has 0 spiro atoms. The molecule has 0 bridgehead atoms. The summed E-state index contributed by atoms with van der Waals surface area (Å²) in [4.78, 5) is 1.84. The minimum absolute atomic E-state index is 0.00787. The van der Waals surface area contributed by atoms with Gasteiger partial charge < -0.3 is 10.6 Å². The second kappa shape index (κ2) is 5.03. The number of nitrogens with zero attached hydrogens (tertiary/aromatic N) is 1. The standard InChI is InChI=1S/C10H15ClN2O2S/c1-13(2)6-7-16(14,15)10-8(11)4-3-5-9(10)12/h3-5H,6-7,12H2,1-2H3. The number of nitrogen functional groups attached to an aromatic ring is 1. The Kier molecular flexibility index (Phi) is 4.18. The van der Waals surface area contributed by atoms with E-state index in [2.05, 4.69) is 0 Å². The van der Waals surface area contributed by atoms with Gasteiger partial charge in [-0.2, -0.15) is 0 Å². The largest absolute Gasteiger partial charge is 0.398 e. The summed E-state index contributed by atoms with van der Waals surface area (Å²) in [6, 6.07) is 4.69. The maximum absolute atomic E-state index is 12.0. The lowest BCUT2D eigenvalue weighted by atomic mass is 10.3. The number of hydrogen-bond acceptors (Lipinski definition) is 4. The zero-order chi connectivity index (χ0) is 12.3. The first-order valence-electron chi connectivity index (χ1n) is 4.76. The fraction of sp³-hybridized carbons (Fsp3) is 0.400. The molecule has 0 fully saturated rings. The van der Waals surface area contributed by atoms with Gasteiger partial charge in [-0.05, 0) is 26.2 Å². The highest BCUT2D eigenvalue weighted by Crippen LogP contribution is 2.27. The van der Waals surface area contributed by atoms with Crippen LogP contribution in [0.25, 0.3) is 0 Å². The number of sulfone groups is 1. The maximum atomic E-state index is 12.0. The maximum Gasteiger partial charge on any atom is 0.183 e. The molecule has 0 aromatic heterocycles. The Hall–Kier alpha value is -0.780. The minimum Gasteiger partial charge on any atom is -0.398 e. The van der Waals surface area contributed by atoms with E-state index in [9.17, 15) is 8.42 Å². The van der Waals surface area contributed by atoms with Crippen molar-refractivity contribution in [2.75, 3.05) is 32.1 Å². The monoisotopic (exact) mass is 262 g/mol. The van der Waals surface area contributed by atoms with Gasteiger partial charge in [-0.25, -0.2) is 8.42 Å². The van der Waals surface area contributed by atoms with E-state index in [1.807, 2.05) is 14.1 Å². The molecule has 0 aliphatic heterocycles. The molecule has 90 valence electrons. The van der Waals surface area contributed by atoms with Gasteiger partial charge in [-0.3, -0.25) is 0 Å². The number of benzene rings is 1. The summed E-state index contributed by atoms with van der Waals surface area (Å²) in [5, 5.41) is 0.179. The quantitative estimate of drug-likeness (QED) is 0.830. The highest BCUT2D eigenvalue weighted by atomic mass is 35.5. The molecule has 0 unspecified atom stereocenters. The summed E-state index contributed by atoms with van der Waals surface area (Å²) in [6.45, 7) is 0.437. The van der Waals surface area contributed by atoms with E-state index in [4.69, 9.17) is 17.3 Å². The molecule has 0 radical (unpaired) electrons. The Balaban J connectivity index is 3.08. The van der Waals surface area contributed by atoms with Gasteiger partial charge in [0.1, 0.15) is 4.90 Å². The highest BCUT2D eigenvalue weighted by Gasteiger charge is 2.20. The van der Waals surface area contributed by atoms with Crippen molar-refractivity contribution in [2.24, 2.45) is 0 Å². The topological polar surface area (TPSA) is 63.4 Å². The molecule has 16 heavy (non-hydrogen) atoms. The van der Waals surface area contributed by atoms with Crippen LogP contribution in [0.2, 0.25) is 5.02 Å². The van der Waals surface area contributed by atoms with E-state index < -0.39 is 9.84 Å². The lowest BCUT2D eigenvalue weighted by Gasteiger charge is -2.12. The Bertz CT molecular complexity index is 451. The molecule has 6 heteroatoms. The first-order valence-corrected chi connectivity index (χ1v) is 6.79. The highest BCUT2D eigenvalue weighted by molar-refractivity contribution is 7.91. The number of rotatable bonds is 4. The molecule has 0 aliphatic rings. The first kappa shape index (κ1) is 13.3. The second-order valence-corrected chi connectivity index (χ2v) is 6.23. The molecule has 1 rings (SSSR count). The fourth-order valence-corrected chi connectivity index (χ4v) is 3.39. The molecular formula is C10H15ClN2O2S. The van der Waals surface area contributed by atoms with E-state index in [1.165, 1.54) is 12.1 Å². The molecule has 4 nitrogen and oxygen atoms in total. The molecule has 1 aromatic carbocycles. The van der Waals surface area contributed by atoms with Gasteiger partial charge in [-0.15, -0.1) is 0 Å². The Morgan fingerprint density at radius 1 is 1.38 bits per heavy atom. The average molecular weight is 263 g/mol. The summed E-state index contributed by atoms with van der Waals surface area (Å²) in [7, 11) is 0.207. The molecule has 0 aliphatic carbocycles. The minimum atomic E-state index is -3.42. The van der Waals surface area contributed by atoms with Gasteiger partial charge >= 0.3 is 0 Å². The van der Waals surface area contributed by atoms with Crippen molar-refractivity contribution < 1.29 is 8.42 Å². The molecule has 0 amide bonds. The Labute approximate surface area is 101 Å². The van der Waals surface area contributed by atoms with Crippen molar-refractivity contribution in [1.82, 2.24) is 4.90 Å². The van der Waals surface area contributed by atoms with Gasteiger partial charge in [-0.1, -0.05) is 17.7 Å². The summed E-state index contributed by atoms with van der Waals surface area (Å²) in [5.41, 5.74) is 5.84. The first-order chi connectivity index (χ1) is 7.34. The average Bonchev–Trinajstić information content (AvgIpc) is 2.14. The van der Waals surface area contributed by atoms with Crippen LogP contribution in [0.15, 0.2) is 23.1 Å². The van der Waals surface area contributed by atoms with Gasteiger partial charge in [0.15, 0.2) is 9.84 Å². The van der Waals surface area contributed by atoms with E-state index in [-0.39, 0.29) is 21.4 Å². The smallest absolute Gasteiger partial charge is 0.183 e. The van der Waals surface area contributed by atoms with Crippen molar-refractivity contribution in [3.8, 4) is 0 Å². The number of halogens is 1. The molecule has 0 saturated heterocycles. The lowest BCUT2D eigenvalue weighted by molar-refractivity contribution is 0.432. The van der Waals surface area contributed by atoms with E-state index in [0.29, 0.717) is 6.54 Å². The Morgan fingerprint density at radius 3 is 2.50 bits per heavy atom. The third-order valence-corrected chi connectivity index (χ3v) is 4.34. The molecule has 2 N–H and O–H groups in total. The van der Waals surface area contributed by atoms with Crippen molar-refractivity contribution in [1.29, 1.82) is 0 Å². The van der Waals surface area contributed by atoms with Crippen molar-refractivity contribution in [2.45, 2.75) is 4.90 Å². The van der Waals surface area contributed by atoms with Crippen molar-refractivity contribution in [3.63, 3.8) is 0 Å². The van der Waals surface area contributed by atoms with Crippen LogP contribution in [0.4, 0.5) is 5.69 Å². The number of hydrogen-bond donors (Lipinski definition) is 1. The van der Waals surface area contributed by atoms with Crippen molar-refractivity contribution >= 4 is 27.1 Å². The van der Waals surface area contributed by atoms with Crippen LogP contribution in [0.1, 0.15) is 0 Å². The second-order valence-electron chi connectivity index (χ2n) is 3.78. The van der Waals surface area contributed by atoms with Gasteiger partial charge in [0.2, 0.25) is 0 Å². The van der Waals surface area contributed by atoms with Crippen LogP contribution in [-0.2, 0) is 9.84 Å². The molecular weight excluding hydrogens is 248 g/mol. The van der Waals surface area contributed by atoms with Gasteiger partial charge in [0, 0.05) is 6.54 Å². The zero-order valence-corrected chi connectivity index (χ0v) is 10.8. The summed E-state index contributed by atoms with van der Waals surface area (Å²) in [6.07, 6.45) is 0. The zero-order valence-electron chi connectivity index (χ0n) is 9.27. The van der Waals surface area contributed by atoms with Crippen LogP contribution in [0.3, 0.4) is 0 Å². The van der Waals surface area contributed by atoms with Crippen LogP contribution < -0.4 is 5.73 Å². The van der Waals surface area contributed by atoms with E-state index in [1.54, 1.807) is 11.0 Å². The van der Waals surface area contributed by atoms with Gasteiger partial charge in [0.25, 0.3) is 0 Å². The number of anilines is 1. The van der Waals surface area contributed by atoms with Crippen LogP contribution >= 0.6 is 11.6 Å². The fourth-order valence-electron chi connectivity index (χ4n) is 1.26. The lowest BCUT2D eigenvalue weighted by Crippen LogP contribution is -2.22. The van der Waals surface area contributed by atoms with Crippen LogP contribution in [0, 0.1) is 0 Å². The Morgan fingerprint density at radius 2 is 2.00 bits per heavy atom. The van der Waals surface area contributed by atoms with Gasteiger partial charge in [0.05, 0.1) is 16.5 Å². The van der Waals surface area contributed by atoms with Crippen LogP contribution in [-0.4, -0.2) is 39.7 Å². The molecule has 0 atom stereocenters. The van der Waals surface area contributed by atoms with E-state index >= 15 is 0 Å². The number of nitrogens with two attached hydrogens (primary N) is 1. The SMILES string of the molecule is CN(C)CCS(=O)(=O)c1c(N)cccc1Cl. The van der Waals surface area contributed by atoms with Crippen LogP contribution in [0.5, 0.6) is 0 Å². The summed E-state index contributed by atoms with van der Waals surface area (Å²) in [5.74, 6) is 0.00787. The molecule has 0 saturated carbocycles. The summed E-state index contributed by atoms with van der Waals surface area (Å²) >= 11 is 5.86. The third-order valence-electron chi connectivity index (χ3n) is 2.12. The normalized spacial score (nSPS) is 12.0.